The molecule has 10 heavy (non-hydrogen) atoms. The first-order valence-corrected chi connectivity index (χ1v) is 3.55. The molecule has 1 atom stereocenters. The minimum atomic E-state index is -0.428. The predicted octanol–water partition coefficient (Wildman–Crippen LogP) is -0.981. The highest BCUT2D eigenvalue weighted by molar-refractivity contribution is 7.80. The Bertz CT molecular complexity index is 129. The van der Waals surface area contributed by atoms with Gasteiger partial charge in [0, 0.05) is 0 Å². The number of hydrogen-bond donors (Lipinski definition) is 3. The molecule has 1 unspecified atom stereocenters. The van der Waals surface area contributed by atoms with E-state index in [1.54, 1.807) is 6.92 Å². The van der Waals surface area contributed by atoms with Gasteiger partial charge in [-0.15, -0.1) is 0 Å². The van der Waals surface area contributed by atoms with Crippen molar-refractivity contribution in [3.05, 3.63) is 0 Å². The van der Waals surface area contributed by atoms with Crippen molar-refractivity contribution in [2.24, 2.45) is 0 Å². The summed E-state index contributed by atoms with van der Waals surface area (Å²) in [4.78, 5) is 1.82. The lowest BCUT2D eigenvalue weighted by atomic mass is 10.5. The third-order valence-electron chi connectivity index (χ3n) is 1.41. The Balaban J connectivity index is 2.33. The van der Waals surface area contributed by atoms with Gasteiger partial charge in [0.15, 0.2) is 5.11 Å². The molecule has 0 aliphatic carbocycles. The van der Waals surface area contributed by atoms with Gasteiger partial charge in [0.25, 0.3) is 0 Å². The summed E-state index contributed by atoms with van der Waals surface area (Å²) < 4.78 is 0. The average Bonchev–Trinajstić information content (AvgIpc) is 1.88. The standard InChI is InChI=1S/C5H11N3OS/c1-4(9)8-2-6-5(10)7-3-8/h4,9H,2-3H2,1H3,(H2,6,7,10). The predicted molar refractivity (Wildman–Crippen MR) is 42.1 cm³/mol. The Hall–Kier alpha value is -0.390. The van der Waals surface area contributed by atoms with Gasteiger partial charge in [0.05, 0.1) is 13.3 Å². The van der Waals surface area contributed by atoms with E-state index in [1.807, 2.05) is 4.90 Å². The molecule has 4 nitrogen and oxygen atoms in total. The maximum atomic E-state index is 9.07. The summed E-state index contributed by atoms with van der Waals surface area (Å²) in [5.74, 6) is 0. The van der Waals surface area contributed by atoms with E-state index in [1.165, 1.54) is 0 Å². The summed E-state index contributed by atoms with van der Waals surface area (Å²) in [5, 5.41) is 15.5. The highest BCUT2D eigenvalue weighted by atomic mass is 32.1. The second kappa shape index (κ2) is 3.14. The Labute approximate surface area is 65.2 Å². The molecule has 0 bridgehead atoms. The number of nitrogens with zero attached hydrogens (tertiary/aromatic N) is 1. The lowest BCUT2D eigenvalue weighted by Gasteiger charge is -2.31. The van der Waals surface area contributed by atoms with E-state index in [4.69, 9.17) is 17.3 Å². The molecule has 1 rings (SSSR count). The zero-order valence-corrected chi connectivity index (χ0v) is 6.61. The van der Waals surface area contributed by atoms with Gasteiger partial charge in [-0.2, -0.15) is 0 Å². The van der Waals surface area contributed by atoms with E-state index in [9.17, 15) is 0 Å². The van der Waals surface area contributed by atoms with Crippen LogP contribution in [0.3, 0.4) is 0 Å². The lowest BCUT2D eigenvalue weighted by Crippen LogP contribution is -2.56. The third kappa shape index (κ3) is 1.80. The van der Waals surface area contributed by atoms with Crippen molar-refractivity contribution < 1.29 is 5.11 Å². The Morgan fingerprint density at radius 2 is 2.10 bits per heavy atom. The molecule has 1 fully saturated rings. The number of nitrogens with one attached hydrogen (secondary N) is 2. The van der Waals surface area contributed by atoms with Crippen LogP contribution in [0.25, 0.3) is 0 Å². The van der Waals surface area contributed by atoms with Crippen LogP contribution >= 0.6 is 12.2 Å². The van der Waals surface area contributed by atoms with Gasteiger partial charge < -0.3 is 15.7 Å². The van der Waals surface area contributed by atoms with Gasteiger partial charge in [-0.3, -0.25) is 0 Å². The monoisotopic (exact) mass is 161 g/mol. The number of aliphatic hydroxyl groups excluding tert-OH is 1. The molecule has 58 valence electrons. The molecule has 0 amide bonds. The molecule has 1 aliphatic rings. The minimum Gasteiger partial charge on any atom is -0.379 e. The average molecular weight is 161 g/mol. The van der Waals surface area contributed by atoms with Crippen LogP contribution in [0.15, 0.2) is 0 Å². The number of thiocarbonyl (C=S) groups is 1. The highest BCUT2D eigenvalue weighted by Gasteiger charge is 2.14. The van der Waals surface area contributed by atoms with E-state index >= 15 is 0 Å². The third-order valence-corrected chi connectivity index (χ3v) is 1.70. The molecule has 3 N–H and O–H groups in total. The summed E-state index contributed by atoms with van der Waals surface area (Å²) in [7, 11) is 0. The zero-order chi connectivity index (χ0) is 7.56. The summed E-state index contributed by atoms with van der Waals surface area (Å²) in [5.41, 5.74) is 0. The summed E-state index contributed by atoms with van der Waals surface area (Å²) in [6, 6.07) is 0. The van der Waals surface area contributed by atoms with Crippen LogP contribution in [0.4, 0.5) is 0 Å². The van der Waals surface area contributed by atoms with Gasteiger partial charge in [-0.1, -0.05) is 0 Å². The van der Waals surface area contributed by atoms with Crippen LogP contribution in [0.2, 0.25) is 0 Å². The van der Waals surface area contributed by atoms with Crippen molar-refractivity contribution in [3.8, 4) is 0 Å². The molecule has 0 aromatic rings. The van der Waals surface area contributed by atoms with Crippen molar-refractivity contribution in [3.63, 3.8) is 0 Å². The molecule has 0 aromatic carbocycles. The minimum absolute atomic E-state index is 0.428. The molecule has 1 heterocycles. The van der Waals surface area contributed by atoms with E-state index in [0.717, 1.165) is 0 Å². The van der Waals surface area contributed by atoms with E-state index in [2.05, 4.69) is 10.6 Å². The first-order valence-electron chi connectivity index (χ1n) is 3.14. The van der Waals surface area contributed by atoms with Crippen LogP contribution in [0, 0.1) is 0 Å². The van der Waals surface area contributed by atoms with Crippen molar-refractivity contribution in [1.82, 2.24) is 15.5 Å². The summed E-state index contributed by atoms with van der Waals surface area (Å²) in [6.07, 6.45) is -0.428. The van der Waals surface area contributed by atoms with Gasteiger partial charge in [0.2, 0.25) is 0 Å². The first kappa shape index (κ1) is 7.71. The molecular weight excluding hydrogens is 150 g/mol. The fourth-order valence-electron chi connectivity index (χ4n) is 0.729. The van der Waals surface area contributed by atoms with Crippen LogP contribution < -0.4 is 10.6 Å². The molecule has 0 radical (unpaired) electrons. The molecule has 1 saturated heterocycles. The molecule has 0 saturated carbocycles. The molecule has 0 spiro atoms. The van der Waals surface area contributed by atoms with Gasteiger partial charge >= 0.3 is 0 Å². The summed E-state index contributed by atoms with van der Waals surface area (Å²) >= 11 is 4.81. The van der Waals surface area contributed by atoms with E-state index in [0.29, 0.717) is 18.4 Å². The first-order chi connectivity index (χ1) is 4.70. The van der Waals surface area contributed by atoms with Crippen molar-refractivity contribution in [2.45, 2.75) is 13.2 Å². The van der Waals surface area contributed by atoms with Crippen LogP contribution in [0.1, 0.15) is 6.92 Å². The van der Waals surface area contributed by atoms with Crippen molar-refractivity contribution >= 4 is 17.3 Å². The maximum Gasteiger partial charge on any atom is 0.168 e. The van der Waals surface area contributed by atoms with Gasteiger partial charge in [-0.25, -0.2) is 4.90 Å². The SMILES string of the molecule is CC(O)N1CNC(=S)NC1. The smallest absolute Gasteiger partial charge is 0.168 e. The second-order valence-electron chi connectivity index (χ2n) is 2.22. The Morgan fingerprint density at radius 3 is 2.50 bits per heavy atom. The normalized spacial score (nSPS) is 23.2. The fraction of sp³-hybridized carbons (Fsp3) is 0.800. The van der Waals surface area contributed by atoms with Crippen LogP contribution in [0.5, 0.6) is 0 Å². The van der Waals surface area contributed by atoms with Crippen molar-refractivity contribution in [2.75, 3.05) is 13.3 Å². The maximum absolute atomic E-state index is 9.07. The molecule has 0 aromatic heterocycles. The molecular formula is C5H11N3OS. The second-order valence-corrected chi connectivity index (χ2v) is 2.63. The van der Waals surface area contributed by atoms with Crippen LogP contribution in [-0.4, -0.2) is 34.7 Å². The van der Waals surface area contributed by atoms with Gasteiger partial charge in [0.1, 0.15) is 6.23 Å². The zero-order valence-electron chi connectivity index (χ0n) is 5.79. The number of rotatable bonds is 1. The largest absolute Gasteiger partial charge is 0.379 e. The van der Waals surface area contributed by atoms with E-state index < -0.39 is 6.23 Å². The number of aliphatic hydroxyl groups is 1. The Morgan fingerprint density at radius 1 is 1.60 bits per heavy atom. The quantitative estimate of drug-likeness (QED) is 0.431. The van der Waals surface area contributed by atoms with Crippen LogP contribution in [-0.2, 0) is 0 Å². The lowest BCUT2D eigenvalue weighted by molar-refractivity contribution is 0.00917. The highest BCUT2D eigenvalue weighted by Crippen LogP contribution is 1.93. The number of hydrogen-bond acceptors (Lipinski definition) is 3. The summed E-state index contributed by atoms with van der Waals surface area (Å²) in [6.45, 7) is 2.95. The fourth-order valence-corrected chi connectivity index (χ4v) is 0.858. The molecule has 1 aliphatic heterocycles. The van der Waals surface area contributed by atoms with Crippen molar-refractivity contribution in [1.29, 1.82) is 0 Å². The topological polar surface area (TPSA) is 47.5 Å². The van der Waals surface area contributed by atoms with E-state index in [-0.39, 0.29) is 0 Å². The molecule has 5 heteroatoms. The van der Waals surface area contributed by atoms with Gasteiger partial charge in [-0.05, 0) is 19.1 Å². The Kier molecular flexibility index (Phi) is 2.42.